The van der Waals surface area contributed by atoms with Crippen LogP contribution in [0.4, 0.5) is 0 Å². The van der Waals surface area contributed by atoms with Gasteiger partial charge in [0.1, 0.15) is 5.78 Å². The summed E-state index contributed by atoms with van der Waals surface area (Å²) in [6, 6.07) is 0.697. The highest BCUT2D eigenvalue weighted by molar-refractivity contribution is 5.83. The van der Waals surface area contributed by atoms with Crippen molar-refractivity contribution in [2.45, 2.75) is 72.3 Å². The number of hydrogen-bond acceptors (Lipinski definition) is 3. The fraction of sp³-hybridized carbons (Fsp3) is 0.905. The number of nitrogens with zero attached hydrogens (tertiary/aromatic N) is 2. The lowest BCUT2D eigenvalue weighted by Crippen LogP contribution is -2.61. The Morgan fingerprint density at radius 2 is 1.56 bits per heavy atom. The Hall–Kier alpha value is -0.900. The van der Waals surface area contributed by atoms with Gasteiger partial charge in [-0.25, -0.2) is 0 Å². The van der Waals surface area contributed by atoms with E-state index in [0.717, 1.165) is 45.4 Å². The van der Waals surface area contributed by atoms with Crippen LogP contribution in [0.15, 0.2) is 0 Å². The van der Waals surface area contributed by atoms with Gasteiger partial charge in [-0.15, -0.1) is 0 Å². The molecule has 1 spiro atoms. The van der Waals surface area contributed by atoms with Crippen LogP contribution in [0.3, 0.4) is 0 Å². The van der Waals surface area contributed by atoms with Crippen molar-refractivity contribution in [2.75, 3.05) is 26.2 Å². The molecule has 0 bridgehead atoms. The summed E-state index contributed by atoms with van der Waals surface area (Å²) >= 11 is 0. The Labute approximate surface area is 153 Å². The monoisotopic (exact) mass is 348 g/mol. The fourth-order valence-electron chi connectivity index (χ4n) is 5.10. The summed E-state index contributed by atoms with van der Waals surface area (Å²) in [5.41, 5.74) is 0.490. The van der Waals surface area contributed by atoms with Crippen LogP contribution in [0.2, 0.25) is 0 Å². The van der Waals surface area contributed by atoms with Crippen LogP contribution >= 0.6 is 0 Å². The molecule has 1 aliphatic heterocycles. The lowest BCUT2D eigenvalue weighted by molar-refractivity contribution is -0.146. The van der Waals surface area contributed by atoms with Gasteiger partial charge in [-0.3, -0.25) is 14.5 Å². The molecule has 3 fully saturated rings. The largest absolute Gasteiger partial charge is 0.340 e. The van der Waals surface area contributed by atoms with Gasteiger partial charge in [0.05, 0.1) is 0 Å². The molecular weight excluding hydrogens is 312 g/mol. The molecular formula is C21H36N2O2. The highest BCUT2D eigenvalue weighted by Crippen LogP contribution is 2.60. The Morgan fingerprint density at radius 3 is 2.08 bits per heavy atom. The highest BCUT2D eigenvalue weighted by Gasteiger charge is 2.55. The molecule has 0 unspecified atom stereocenters. The minimum Gasteiger partial charge on any atom is -0.340 e. The zero-order chi connectivity index (χ0) is 18.2. The molecule has 0 atom stereocenters. The number of amides is 1. The quantitative estimate of drug-likeness (QED) is 0.739. The van der Waals surface area contributed by atoms with E-state index in [1.54, 1.807) is 0 Å². The number of carbonyl (C=O) groups is 2. The SMILES string of the molecule is CC(C)CCC(=O)N1CCN(C2CC3(CC(C(=O)C(C)C)C3)C2)CC1. The zero-order valence-electron chi connectivity index (χ0n) is 16.6. The number of rotatable bonds is 6. The molecule has 0 aromatic rings. The molecule has 142 valence electrons. The molecule has 0 aromatic heterocycles. The van der Waals surface area contributed by atoms with Gasteiger partial charge in [-0.2, -0.15) is 0 Å². The first-order chi connectivity index (χ1) is 11.8. The van der Waals surface area contributed by atoms with Crippen molar-refractivity contribution in [3.05, 3.63) is 0 Å². The number of hydrogen-bond donors (Lipinski definition) is 0. The summed E-state index contributed by atoms with van der Waals surface area (Å²) in [4.78, 5) is 29.0. The smallest absolute Gasteiger partial charge is 0.222 e. The van der Waals surface area contributed by atoms with Crippen LogP contribution in [0.1, 0.15) is 66.2 Å². The third-order valence-electron chi connectivity index (χ3n) is 6.79. The normalized spacial score (nSPS) is 32.8. The predicted molar refractivity (Wildman–Crippen MR) is 100 cm³/mol. The van der Waals surface area contributed by atoms with Crippen molar-refractivity contribution in [1.29, 1.82) is 0 Å². The maximum Gasteiger partial charge on any atom is 0.222 e. The van der Waals surface area contributed by atoms with E-state index in [9.17, 15) is 9.59 Å². The summed E-state index contributed by atoms with van der Waals surface area (Å²) in [5, 5.41) is 0. The van der Waals surface area contributed by atoms with Crippen molar-refractivity contribution in [1.82, 2.24) is 9.80 Å². The van der Waals surface area contributed by atoms with Crippen molar-refractivity contribution in [3.8, 4) is 0 Å². The molecule has 4 heteroatoms. The molecule has 0 radical (unpaired) electrons. The lowest BCUT2D eigenvalue weighted by Gasteiger charge is -2.60. The van der Waals surface area contributed by atoms with Crippen LogP contribution < -0.4 is 0 Å². The van der Waals surface area contributed by atoms with Crippen molar-refractivity contribution >= 4 is 11.7 Å². The summed E-state index contributed by atoms with van der Waals surface area (Å²) in [6.07, 6.45) is 6.52. The summed E-state index contributed by atoms with van der Waals surface area (Å²) < 4.78 is 0. The number of Topliss-reactive ketones (excluding diaryl/α,β-unsaturated/α-hetero) is 1. The van der Waals surface area contributed by atoms with Crippen LogP contribution in [0.5, 0.6) is 0 Å². The number of carbonyl (C=O) groups excluding carboxylic acids is 2. The lowest BCUT2D eigenvalue weighted by atomic mass is 9.48. The second-order valence-corrected chi connectivity index (χ2v) is 9.57. The van der Waals surface area contributed by atoms with Gasteiger partial charge in [0.25, 0.3) is 0 Å². The number of piperazine rings is 1. The van der Waals surface area contributed by atoms with Crippen molar-refractivity contribution < 1.29 is 9.59 Å². The highest BCUT2D eigenvalue weighted by atomic mass is 16.2. The van der Waals surface area contributed by atoms with E-state index in [1.165, 1.54) is 12.8 Å². The topological polar surface area (TPSA) is 40.6 Å². The van der Waals surface area contributed by atoms with Gasteiger partial charge in [0.2, 0.25) is 5.91 Å². The minimum absolute atomic E-state index is 0.194. The molecule has 2 aliphatic carbocycles. The van der Waals surface area contributed by atoms with Crippen molar-refractivity contribution in [2.24, 2.45) is 23.2 Å². The molecule has 0 N–H and O–H groups in total. The van der Waals surface area contributed by atoms with Crippen LogP contribution in [-0.2, 0) is 9.59 Å². The third-order valence-corrected chi connectivity index (χ3v) is 6.79. The second kappa shape index (κ2) is 7.38. The van der Waals surface area contributed by atoms with Gasteiger partial charge in [-0.05, 0) is 43.4 Å². The van der Waals surface area contributed by atoms with Gasteiger partial charge in [0, 0.05) is 50.5 Å². The fourth-order valence-corrected chi connectivity index (χ4v) is 5.10. The maximum atomic E-state index is 12.3. The zero-order valence-corrected chi connectivity index (χ0v) is 16.6. The third kappa shape index (κ3) is 4.10. The molecule has 1 saturated heterocycles. The van der Waals surface area contributed by atoms with E-state index in [0.29, 0.717) is 41.4 Å². The molecule has 1 heterocycles. The predicted octanol–water partition coefficient (Wildman–Crippen LogP) is 3.35. The molecule has 0 aromatic carbocycles. The molecule has 3 rings (SSSR count). The first-order valence-corrected chi connectivity index (χ1v) is 10.4. The van der Waals surface area contributed by atoms with Crippen LogP contribution in [0, 0.1) is 23.2 Å². The first kappa shape index (κ1) is 18.9. The van der Waals surface area contributed by atoms with E-state index in [1.807, 2.05) is 13.8 Å². The Balaban J connectivity index is 1.36. The maximum absolute atomic E-state index is 12.3. The van der Waals surface area contributed by atoms with E-state index >= 15 is 0 Å². The minimum atomic E-state index is 0.194. The van der Waals surface area contributed by atoms with E-state index in [-0.39, 0.29) is 5.92 Å². The Kier molecular flexibility index (Phi) is 5.57. The Bertz CT molecular complexity index is 492. The summed E-state index contributed by atoms with van der Waals surface area (Å²) in [5.74, 6) is 1.95. The summed E-state index contributed by atoms with van der Waals surface area (Å²) in [7, 11) is 0. The van der Waals surface area contributed by atoms with Crippen LogP contribution in [0.25, 0.3) is 0 Å². The molecule has 25 heavy (non-hydrogen) atoms. The standard InChI is InChI=1S/C21H36N2O2/c1-15(2)5-6-19(24)23-9-7-22(8-10-23)18-13-21(14-18)11-17(12-21)20(25)16(3)4/h15-18H,5-14H2,1-4H3. The average Bonchev–Trinajstić information content (AvgIpc) is 2.50. The van der Waals surface area contributed by atoms with Gasteiger partial charge >= 0.3 is 0 Å². The van der Waals surface area contributed by atoms with E-state index < -0.39 is 0 Å². The van der Waals surface area contributed by atoms with E-state index in [4.69, 9.17) is 0 Å². The molecule has 1 amide bonds. The summed E-state index contributed by atoms with van der Waals surface area (Å²) in [6.45, 7) is 12.3. The number of ketones is 1. The first-order valence-electron chi connectivity index (χ1n) is 10.4. The molecule has 2 saturated carbocycles. The van der Waals surface area contributed by atoms with E-state index in [2.05, 4.69) is 23.6 Å². The van der Waals surface area contributed by atoms with Gasteiger partial charge < -0.3 is 4.90 Å². The van der Waals surface area contributed by atoms with Crippen LogP contribution in [-0.4, -0.2) is 53.7 Å². The van der Waals surface area contributed by atoms with Gasteiger partial charge in [0.15, 0.2) is 0 Å². The Morgan fingerprint density at radius 1 is 0.960 bits per heavy atom. The second-order valence-electron chi connectivity index (χ2n) is 9.57. The van der Waals surface area contributed by atoms with Gasteiger partial charge in [-0.1, -0.05) is 27.7 Å². The van der Waals surface area contributed by atoms with Crippen molar-refractivity contribution in [3.63, 3.8) is 0 Å². The average molecular weight is 349 g/mol. The molecule has 4 nitrogen and oxygen atoms in total. The molecule has 3 aliphatic rings.